The predicted octanol–water partition coefficient (Wildman–Crippen LogP) is 3.67. The molecule has 1 atom stereocenters. The van der Waals surface area contributed by atoms with Crippen LogP contribution >= 0.6 is 0 Å². The number of rotatable bonds is 10. The third kappa shape index (κ3) is 5.77. The van der Waals surface area contributed by atoms with Gasteiger partial charge in [-0.15, -0.1) is 5.10 Å². The lowest BCUT2D eigenvalue weighted by Gasteiger charge is -2.15. The molecule has 8 heteroatoms. The van der Waals surface area contributed by atoms with Gasteiger partial charge in [-0.05, 0) is 57.2 Å². The fourth-order valence-corrected chi connectivity index (χ4v) is 2.80. The SMILES string of the molecule is CCOc1nc(-c2cccc(F)c2)n(-c2ccc(NCC(O)COC(C)C)cc2)n1. The summed E-state index contributed by atoms with van der Waals surface area (Å²) in [5, 5.41) is 17.6. The predicted molar refractivity (Wildman–Crippen MR) is 114 cm³/mol. The van der Waals surface area contributed by atoms with Crippen LogP contribution in [0.25, 0.3) is 17.1 Å². The average molecular weight is 414 g/mol. The Hall–Kier alpha value is -2.97. The van der Waals surface area contributed by atoms with Gasteiger partial charge in [-0.2, -0.15) is 4.98 Å². The third-order valence-corrected chi connectivity index (χ3v) is 4.22. The second-order valence-electron chi connectivity index (χ2n) is 7.04. The van der Waals surface area contributed by atoms with E-state index < -0.39 is 6.10 Å². The fraction of sp³-hybridized carbons (Fsp3) is 0.364. The number of ether oxygens (including phenoxy) is 2. The van der Waals surface area contributed by atoms with Crippen LogP contribution in [-0.4, -0.2) is 51.8 Å². The monoisotopic (exact) mass is 414 g/mol. The van der Waals surface area contributed by atoms with E-state index in [1.165, 1.54) is 12.1 Å². The molecule has 0 saturated carbocycles. The van der Waals surface area contributed by atoms with Crippen molar-refractivity contribution in [3.05, 3.63) is 54.3 Å². The smallest absolute Gasteiger partial charge is 0.336 e. The molecule has 0 aliphatic carbocycles. The molecule has 30 heavy (non-hydrogen) atoms. The van der Waals surface area contributed by atoms with Gasteiger partial charge in [-0.3, -0.25) is 0 Å². The summed E-state index contributed by atoms with van der Waals surface area (Å²) in [7, 11) is 0. The van der Waals surface area contributed by atoms with Gasteiger partial charge in [0.1, 0.15) is 5.82 Å². The van der Waals surface area contributed by atoms with Crippen LogP contribution in [0.3, 0.4) is 0 Å². The van der Waals surface area contributed by atoms with Crippen LogP contribution in [-0.2, 0) is 4.74 Å². The van der Waals surface area contributed by atoms with Crippen LogP contribution in [0.4, 0.5) is 10.1 Å². The van der Waals surface area contributed by atoms with Gasteiger partial charge in [0.25, 0.3) is 0 Å². The minimum atomic E-state index is -0.601. The van der Waals surface area contributed by atoms with Gasteiger partial charge in [-0.1, -0.05) is 12.1 Å². The quantitative estimate of drug-likeness (QED) is 0.527. The molecule has 0 radical (unpaired) electrons. The Morgan fingerprint density at radius 2 is 1.93 bits per heavy atom. The zero-order valence-electron chi connectivity index (χ0n) is 17.4. The number of aromatic nitrogens is 3. The highest BCUT2D eigenvalue weighted by Crippen LogP contribution is 2.25. The Labute approximate surface area is 175 Å². The highest BCUT2D eigenvalue weighted by atomic mass is 19.1. The Kier molecular flexibility index (Phi) is 7.37. The molecule has 7 nitrogen and oxygen atoms in total. The van der Waals surface area contributed by atoms with Gasteiger partial charge in [0.05, 0.1) is 31.1 Å². The van der Waals surface area contributed by atoms with E-state index in [1.54, 1.807) is 16.8 Å². The summed E-state index contributed by atoms with van der Waals surface area (Å²) in [6.07, 6.45) is -0.522. The summed E-state index contributed by atoms with van der Waals surface area (Å²) in [6, 6.07) is 13.9. The van der Waals surface area contributed by atoms with Gasteiger partial charge in [0.15, 0.2) is 5.82 Å². The minimum Gasteiger partial charge on any atom is -0.463 e. The number of halogens is 1. The van der Waals surface area contributed by atoms with Crippen molar-refractivity contribution in [2.45, 2.75) is 33.0 Å². The van der Waals surface area contributed by atoms with Crippen LogP contribution in [0.2, 0.25) is 0 Å². The molecule has 1 heterocycles. The number of aliphatic hydroxyl groups excluding tert-OH is 1. The molecule has 0 saturated heterocycles. The van der Waals surface area contributed by atoms with Crippen molar-refractivity contribution in [1.82, 2.24) is 14.8 Å². The summed E-state index contributed by atoms with van der Waals surface area (Å²) in [5.41, 5.74) is 2.20. The molecule has 0 bridgehead atoms. The van der Waals surface area contributed by atoms with Gasteiger partial charge in [0, 0.05) is 17.8 Å². The molecule has 3 rings (SSSR count). The van der Waals surface area contributed by atoms with E-state index >= 15 is 0 Å². The summed E-state index contributed by atoms with van der Waals surface area (Å²) in [4.78, 5) is 4.40. The van der Waals surface area contributed by atoms with Crippen molar-refractivity contribution in [3.8, 4) is 23.1 Å². The molecule has 2 N–H and O–H groups in total. The second kappa shape index (κ2) is 10.2. The first kappa shape index (κ1) is 21.7. The summed E-state index contributed by atoms with van der Waals surface area (Å²) >= 11 is 0. The van der Waals surface area contributed by atoms with E-state index in [0.717, 1.165) is 11.4 Å². The van der Waals surface area contributed by atoms with Gasteiger partial charge >= 0.3 is 6.01 Å². The van der Waals surface area contributed by atoms with E-state index in [4.69, 9.17) is 9.47 Å². The molecule has 2 aromatic carbocycles. The molecule has 1 aromatic heterocycles. The first-order valence-electron chi connectivity index (χ1n) is 9.96. The van der Waals surface area contributed by atoms with Crippen molar-refractivity contribution < 1.29 is 19.0 Å². The highest BCUT2D eigenvalue weighted by Gasteiger charge is 2.15. The molecule has 0 amide bonds. The number of hydrogen-bond donors (Lipinski definition) is 2. The maximum Gasteiger partial charge on any atom is 0.336 e. The van der Waals surface area contributed by atoms with E-state index in [2.05, 4.69) is 15.4 Å². The Bertz CT molecular complexity index is 944. The van der Waals surface area contributed by atoms with E-state index in [1.807, 2.05) is 45.0 Å². The summed E-state index contributed by atoms with van der Waals surface area (Å²) < 4.78 is 26.2. The topological polar surface area (TPSA) is 81.4 Å². The average Bonchev–Trinajstić information content (AvgIpc) is 3.15. The normalized spacial score (nSPS) is 12.2. The number of benzene rings is 2. The first-order valence-corrected chi connectivity index (χ1v) is 9.96. The number of nitrogens with one attached hydrogen (secondary N) is 1. The van der Waals surface area contributed by atoms with Crippen LogP contribution < -0.4 is 10.1 Å². The summed E-state index contributed by atoms with van der Waals surface area (Å²) in [6.45, 7) is 6.79. The highest BCUT2D eigenvalue weighted by molar-refractivity contribution is 5.59. The van der Waals surface area contributed by atoms with E-state index in [9.17, 15) is 9.50 Å². The number of anilines is 1. The second-order valence-corrected chi connectivity index (χ2v) is 7.04. The van der Waals surface area contributed by atoms with Crippen LogP contribution in [0.15, 0.2) is 48.5 Å². The lowest BCUT2D eigenvalue weighted by Crippen LogP contribution is -2.26. The lowest BCUT2D eigenvalue weighted by atomic mass is 10.2. The Morgan fingerprint density at radius 3 is 2.60 bits per heavy atom. The van der Waals surface area contributed by atoms with Crippen LogP contribution in [0, 0.1) is 5.82 Å². The number of hydrogen-bond acceptors (Lipinski definition) is 6. The zero-order chi connectivity index (χ0) is 21.5. The van der Waals surface area contributed by atoms with Crippen molar-refractivity contribution in [2.24, 2.45) is 0 Å². The maximum atomic E-state index is 13.7. The van der Waals surface area contributed by atoms with Crippen molar-refractivity contribution >= 4 is 5.69 Å². The molecule has 3 aromatic rings. The molecular weight excluding hydrogens is 387 g/mol. The fourth-order valence-electron chi connectivity index (χ4n) is 2.80. The first-order chi connectivity index (χ1) is 14.5. The molecular formula is C22H27FN4O3. The van der Waals surface area contributed by atoms with Crippen LogP contribution in [0.1, 0.15) is 20.8 Å². The van der Waals surface area contributed by atoms with E-state index in [0.29, 0.717) is 24.5 Å². The largest absolute Gasteiger partial charge is 0.463 e. The molecule has 160 valence electrons. The number of aliphatic hydroxyl groups is 1. The summed E-state index contributed by atoms with van der Waals surface area (Å²) in [5.74, 6) is 0.138. The standard InChI is InChI=1S/C22H27FN4O3/c1-4-29-22-25-21(16-6-5-7-17(23)12-16)27(26-22)19-10-8-18(9-11-19)24-13-20(28)14-30-15(2)3/h5-12,15,20,24,28H,4,13-14H2,1-3H3. The molecule has 0 aliphatic rings. The number of nitrogens with zero attached hydrogens (tertiary/aromatic N) is 3. The minimum absolute atomic E-state index is 0.0791. The van der Waals surface area contributed by atoms with Crippen molar-refractivity contribution in [1.29, 1.82) is 0 Å². The van der Waals surface area contributed by atoms with Crippen molar-refractivity contribution in [3.63, 3.8) is 0 Å². The molecule has 1 unspecified atom stereocenters. The van der Waals surface area contributed by atoms with Crippen molar-refractivity contribution in [2.75, 3.05) is 25.1 Å². The molecule has 0 aliphatic heterocycles. The van der Waals surface area contributed by atoms with Gasteiger partial charge in [0.2, 0.25) is 0 Å². The third-order valence-electron chi connectivity index (χ3n) is 4.22. The maximum absolute atomic E-state index is 13.7. The lowest BCUT2D eigenvalue weighted by molar-refractivity contribution is 0.0112. The molecule has 0 spiro atoms. The van der Waals surface area contributed by atoms with E-state index in [-0.39, 0.29) is 24.5 Å². The zero-order valence-corrected chi connectivity index (χ0v) is 17.4. The Morgan fingerprint density at radius 1 is 1.17 bits per heavy atom. The molecule has 0 fully saturated rings. The van der Waals surface area contributed by atoms with Gasteiger partial charge < -0.3 is 19.9 Å². The Balaban J connectivity index is 1.77. The van der Waals surface area contributed by atoms with Gasteiger partial charge in [-0.25, -0.2) is 9.07 Å². The van der Waals surface area contributed by atoms with Crippen LogP contribution in [0.5, 0.6) is 6.01 Å².